The Kier molecular flexibility index (Phi) is 7.86. The fraction of sp³-hybridized carbons (Fsp3) is 0.0400. The van der Waals surface area contributed by atoms with E-state index in [9.17, 15) is 4.39 Å². The van der Waals surface area contributed by atoms with Crippen molar-refractivity contribution in [2.24, 2.45) is 0 Å². The Morgan fingerprint density at radius 3 is 1.38 bits per heavy atom. The highest BCUT2D eigenvalue weighted by atomic mass is 19.1. The predicted molar refractivity (Wildman–Crippen MR) is 214 cm³/mol. The third-order valence-electron chi connectivity index (χ3n) is 10.5. The molecule has 0 fully saturated rings. The van der Waals surface area contributed by atoms with Crippen molar-refractivity contribution in [1.82, 2.24) is 0 Å². The maximum Gasteiger partial charge on any atom is 0.123 e. The van der Waals surface area contributed by atoms with E-state index in [4.69, 9.17) is 0 Å². The Balaban J connectivity index is 1.27. The molecule has 0 aliphatic heterocycles. The van der Waals surface area contributed by atoms with Crippen LogP contribution in [-0.2, 0) is 5.41 Å². The van der Waals surface area contributed by atoms with E-state index in [0.717, 1.165) is 28.2 Å². The molecule has 0 radical (unpaired) electrons. The molecule has 52 heavy (non-hydrogen) atoms. The van der Waals surface area contributed by atoms with Crippen LogP contribution in [0.1, 0.15) is 27.8 Å². The van der Waals surface area contributed by atoms with Crippen molar-refractivity contribution in [3.8, 4) is 33.4 Å². The largest absolute Gasteiger partial charge is 0.310 e. The Labute approximate surface area is 304 Å². The number of nitrogens with zero attached hydrogens (tertiary/aromatic N) is 1. The number of hydrogen-bond acceptors (Lipinski definition) is 1. The quantitative estimate of drug-likeness (QED) is 0.163. The molecule has 0 heterocycles. The molecule has 0 N–H and O–H groups in total. The predicted octanol–water partition coefficient (Wildman–Crippen LogP) is 13.3. The van der Waals surface area contributed by atoms with Gasteiger partial charge in [0.1, 0.15) is 5.82 Å². The lowest BCUT2D eigenvalue weighted by Crippen LogP contribution is -2.28. The summed E-state index contributed by atoms with van der Waals surface area (Å²) >= 11 is 0. The minimum Gasteiger partial charge on any atom is -0.310 e. The molecule has 1 aliphatic carbocycles. The zero-order valence-electron chi connectivity index (χ0n) is 28.9. The summed E-state index contributed by atoms with van der Waals surface area (Å²) in [5.41, 5.74) is 15.8. The lowest BCUT2D eigenvalue weighted by atomic mass is 9.68. The molecule has 0 unspecified atom stereocenters. The molecule has 8 aromatic carbocycles. The molecule has 0 saturated heterocycles. The third-order valence-corrected chi connectivity index (χ3v) is 10.5. The van der Waals surface area contributed by atoms with Gasteiger partial charge in [-0.1, -0.05) is 163 Å². The molecule has 0 amide bonds. The van der Waals surface area contributed by atoms with Crippen molar-refractivity contribution in [2.45, 2.75) is 12.3 Å². The van der Waals surface area contributed by atoms with E-state index < -0.39 is 5.41 Å². The maximum absolute atomic E-state index is 13.8. The van der Waals surface area contributed by atoms with Crippen LogP contribution in [0.5, 0.6) is 0 Å². The van der Waals surface area contributed by atoms with E-state index in [-0.39, 0.29) is 5.82 Å². The summed E-state index contributed by atoms with van der Waals surface area (Å²) in [6.45, 7) is 2.12. The summed E-state index contributed by atoms with van der Waals surface area (Å²) in [5.74, 6) is -0.235. The number of rotatable bonds is 7. The first-order valence-corrected chi connectivity index (χ1v) is 17.8. The Morgan fingerprint density at radius 2 is 0.846 bits per heavy atom. The van der Waals surface area contributed by atoms with Crippen LogP contribution in [0, 0.1) is 12.7 Å². The zero-order chi connectivity index (χ0) is 35.1. The van der Waals surface area contributed by atoms with Crippen molar-refractivity contribution in [1.29, 1.82) is 0 Å². The Morgan fingerprint density at radius 1 is 0.404 bits per heavy atom. The van der Waals surface area contributed by atoms with Crippen molar-refractivity contribution >= 4 is 17.1 Å². The van der Waals surface area contributed by atoms with Gasteiger partial charge in [0.15, 0.2) is 0 Å². The highest BCUT2D eigenvalue weighted by molar-refractivity contribution is 5.97. The summed E-state index contributed by atoms with van der Waals surface area (Å²) in [5, 5.41) is 0. The smallest absolute Gasteiger partial charge is 0.123 e. The van der Waals surface area contributed by atoms with Crippen LogP contribution in [0.2, 0.25) is 0 Å². The second-order valence-electron chi connectivity index (χ2n) is 13.5. The Bertz CT molecular complexity index is 2360. The van der Waals surface area contributed by atoms with Gasteiger partial charge in [-0.15, -0.1) is 0 Å². The minimum absolute atomic E-state index is 0.235. The van der Waals surface area contributed by atoms with Crippen molar-refractivity contribution < 1.29 is 4.39 Å². The second-order valence-corrected chi connectivity index (χ2v) is 13.5. The molecule has 0 atom stereocenters. The van der Waals surface area contributed by atoms with Crippen molar-refractivity contribution in [3.63, 3.8) is 0 Å². The molecule has 9 rings (SSSR count). The second kappa shape index (κ2) is 13.0. The molecule has 8 aromatic rings. The molecule has 0 spiro atoms. The van der Waals surface area contributed by atoms with Gasteiger partial charge >= 0.3 is 0 Å². The number of aryl methyl sites for hydroxylation is 1. The summed E-state index contributed by atoms with van der Waals surface area (Å²) in [7, 11) is 0. The van der Waals surface area contributed by atoms with Gasteiger partial charge in [0.05, 0.1) is 11.1 Å². The first kappa shape index (κ1) is 31.5. The van der Waals surface area contributed by atoms with E-state index in [0.29, 0.717) is 0 Å². The highest BCUT2D eigenvalue weighted by Crippen LogP contribution is 2.59. The zero-order valence-corrected chi connectivity index (χ0v) is 28.9. The van der Waals surface area contributed by atoms with E-state index in [1.807, 2.05) is 12.1 Å². The number of halogens is 1. The van der Waals surface area contributed by atoms with Crippen LogP contribution < -0.4 is 4.90 Å². The fourth-order valence-electron chi connectivity index (χ4n) is 8.08. The van der Waals surface area contributed by atoms with Crippen LogP contribution in [-0.4, -0.2) is 0 Å². The van der Waals surface area contributed by atoms with Crippen LogP contribution >= 0.6 is 0 Å². The van der Waals surface area contributed by atoms with Gasteiger partial charge in [-0.3, -0.25) is 0 Å². The number of hydrogen-bond donors (Lipinski definition) is 0. The first-order chi connectivity index (χ1) is 25.6. The van der Waals surface area contributed by atoms with E-state index >= 15 is 0 Å². The molecule has 2 heteroatoms. The van der Waals surface area contributed by atoms with Gasteiger partial charge in [0, 0.05) is 16.9 Å². The molecule has 1 aliphatic rings. The summed E-state index contributed by atoms with van der Waals surface area (Å²) in [4.78, 5) is 2.38. The van der Waals surface area contributed by atoms with Gasteiger partial charge in [-0.05, 0) is 99.5 Å². The van der Waals surface area contributed by atoms with E-state index in [1.54, 1.807) is 0 Å². The van der Waals surface area contributed by atoms with Gasteiger partial charge in [-0.2, -0.15) is 0 Å². The lowest BCUT2D eigenvalue weighted by molar-refractivity contribution is 0.628. The molecule has 0 saturated carbocycles. The van der Waals surface area contributed by atoms with Crippen molar-refractivity contribution in [2.75, 3.05) is 4.90 Å². The van der Waals surface area contributed by atoms with Crippen LogP contribution in [0.3, 0.4) is 0 Å². The third kappa shape index (κ3) is 5.23. The molecule has 0 aromatic heterocycles. The number of benzene rings is 8. The van der Waals surface area contributed by atoms with Gasteiger partial charge < -0.3 is 4.90 Å². The van der Waals surface area contributed by atoms with Gasteiger partial charge in [-0.25, -0.2) is 4.39 Å². The standard InChI is InChI=1S/C50H36FN/c1-35-19-21-36(22-20-35)38-25-31-43(32-26-38)52(44-33-27-39(28-34-44)37-23-29-42(51)30-24-37)48-18-10-17-47-49(48)45-15-8-9-16-46(45)50(47,40-11-4-2-5-12-40)41-13-6-3-7-14-41/h2-34H,1H3. The SMILES string of the molecule is Cc1ccc(-c2ccc(N(c3ccc(-c4ccc(F)cc4)cc3)c3cccc4c3-c3ccccc3C4(c3ccccc3)c3ccccc3)cc2)cc1. The normalized spacial score (nSPS) is 12.6. The first-order valence-electron chi connectivity index (χ1n) is 17.8. The fourth-order valence-corrected chi connectivity index (χ4v) is 8.08. The summed E-state index contributed by atoms with van der Waals surface area (Å²) < 4.78 is 13.8. The van der Waals surface area contributed by atoms with Crippen LogP contribution in [0.25, 0.3) is 33.4 Å². The van der Waals surface area contributed by atoms with Gasteiger partial charge in [0.25, 0.3) is 0 Å². The topological polar surface area (TPSA) is 3.24 Å². The Hall–Kier alpha value is -6.51. The maximum atomic E-state index is 13.8. The summed E-state index contributed by atoms with van der Waals surface area (Å²) in [6, 6.07) is 70.4. The van der Waals surface area contributed by atoms with Crippen LogP contribution in [0.15, 0.2) is 200 Å². The van der Waals surface area contributed by atoms with E-state index in [2.05, 4.69) is 188 Å². The number of anilines is 3. The molecule has 1 nitrogen and oxygen atoms in total. The monoisotopic (exact) mass is 669 g/mol. The molecular formula is C50H36FN. The van der Waals surface area contributed by atoms with E-state index in [1.165, 1.54) is 62.2 Å². The lowest BCUT2D eigenvalue weighted by Gasteiger charge is -2.34. The minimum atomic E-state index is -0.502. The molecular weight excluding hydrogens is 634 g/mol. The number of fused-ring (bicyclic) bond motifs is 3. The summed E-state index contributed by atoms with van der Waals surface area (Å²) in [6.07, 6.45) is 0. The molecule has 248 valence electrons. The molecule has 0 bridgehead atoms. The van der Waals surface area contributed by atoms with Crippen molar-refractivity contribution in [3.05, 3.63) is 234 Å². The van der Waals surface area contributed by atoms with Crippen LogP contribution in [0.4, 0.5) is 21.5 Å². The van der Waals surface area contributed by atoms with Gasteiger partial charge in [0.2, 0.25) is 0 Å². The average Bonchev–Trinajstić information content (AvgIpc) is 3.52. The average molecular weight is 670 g/mol. The highest BCUT2D eigenvalue weighted by Gasteiger charge is 2.47.